The summed E-state index contributed by atoms with van der Waals surface area (Å²) in [7, 11) is 0. The number of hydrogen-bond acceptors (Lipinski definition) is 9. The van der Waals surface area contributed by atoms with E-state index in [0.717, 1.165) is 46.8 Å². The summed E-state index contributed by atoms with van der Waals surface area (Å²) < 4.78 is 6.27. The van der Waals surface area contributed by atoms with Gasteiger partial charge in [-0.2, -0.15) is 5.11 Å². The van der Waals surface area contributed by atoms with E-state index in [2.05, 4.69) is 41.8 Å². The summed E-state index contributed by atoms with van der Waals surface area (Å²) in [6.45, 7) is 4.58. The molecule has 4 aromatic rings. The van der Waals surface area contributed by atoms with Gasteiger partial charge in [0.25, 0.3) is 0 Å². The third-order valence-corrected chi connectivity index (χ3v) is 5.57. The van der Waals surface area contributed by atoms with Gasteiger partial charge in [0.1, 0.15) is 23.8 Å². The zero-order valence-corrected chi connectivity index (χ0v) is 19.5. The average molecular weight is 465 g/mol. The quantitative estimate of drug-likeness (QED) is 0.351. The van der Waals surface area contributed by atoms with Gasteiger partial charge >= 0.3 is 0 Å². The minimum Gasteiger partial charge on any atom is -0.455 e. The molecular formula is C26H24N8O. The van der Waals surface area contributed by atoms with E-state index in [-0.39, 0.29) is 0 Å². The lowest BCUT2D eigenvalue weighted by atomic mass is 10.1. The Labute approximate surface area is 203 Å². The summed E-state index contributed by atoms with van der Waals surface area (Å²) in [4.78, 5) is 18.0. The SMILES string of the molecule is Cc1cc(Oc2ccnc(Nc3cncc(CCC4=NN=NC4)c3)c2)c(-c2ccccn2)nc1C. The molecule has 0 fully saturated rings. The van der Waals surface area contributed by atoms with Crippen LogP contribution in [0.3, 0.4) is 0 Å². The van der Waals surface area contributed by atoms with Gasteiger partial charge in [-0.1, -0.05) is 6.07 Å². The molecule has 0 spiro atoms. The van der Waals surface area contributed by atoms with Crippen molar-refractivity contribution in [2.24, 2.45) is 15.4 Å². The predicted molar refractivity (Wildman–Crippen MR) is 134 cm³/mol. The van der Waals surface area contributed by atoms with Crippen molar-refractivity contribution in [3.63, 3.8) is 0 Å². The van der Waals surface area contributed by atoms with Gasteiger partial charge in [0.2, 0.25) is 0 Å². The minimum absolute atomic E-state index is 0.583. The Bertz CT molecular complexity index is 1400. The number of aryl methyl sites for hydroxylation is 3. The van der Waals surface area contributed by atoms with E-state index < -0.39 is 0 Å². The molecule has 5 heterocycles. The van der Waals surface area contributed by atoms with Gasteiger partial charge in [-0.3, -0.25) is 9.97 Å². The zero-order valence-electron chi connectivity index (χ0n) is 19.5. The summed E-state index contributed by atoms with van der Waals surface area (Å²) in [5.74, 6) is 1.93. The molecule has 9 nitrogen and oxygen atoms in total. The molecule has 9 heteroatoms. The molecule has 35 heavy (non-hydrogen) atoms. The van der Waals surface area contributed by atoms with E-state index in [9.17, 15) is 0 Å². The molecule has 0 atom stereocenters. The van der Waals surface area contributed by atoms with Crippen LogP contribution in [0.5, 0.6) is 11.5 Å². The molecule has 0 aromatic carbocycles. The first-order valence-electron chi connectivity index (χ1n) is 11.3. The lowest BCUT2D eigenvalue weighted by Gasteiger charge is -2.14. The number of nitrogens with zero attached hydrogens (tertiary/aromatic N) is 7. The number of nitrogens with one attached hydrogen (secondary N) is 1. The zero-order chi connectivity index (χ0) is 24.0. The van der Waals surface area contributed by atoms with Crippen molar-refractivity contribution < 1.29 is 4.74 Å². The maximum absolute atomic E-state index is 6.27. The fourth-order valence-corrected chi connectivity index (χ4v) is 3.61. The Balaban J connectivity index is 1.33. The van der Waals surface area contributed by atoms with Gasteiger partial charge in [0, 0.05) is 30.4 Å². The lowest BCUT2D eigenvalue weighted by molar-refractivity contribution is 0.481. The van der Waals surface area contributed by atoms with Crippen molar-refractivity contribution >= 4 is 17.2 Å². The van der Waals surface area contributed by atoms with Gasteiger partial charge in [-0.15, -0.1) is 5.10 Å². The van der Waals surface area contributed by atoms with Crippen molar-refractivity contribution in [3.05, 3.63) is 84.1 Å². The third kappa shape index (κ3) is 5.52. The highest BCUT2D eigenvalue weighted by molar-refractivity contribution is 5.87. The molecule has 0 amide bonds. The van der Waals surface area contributed by atoms with Crippen LogP contribution in [0.2, 0.25) is 0 Å². The standard InChI is InChI=1S/C26H24N8O/c1-17-11-24(26(31-18(17)2)23-5-3-4-9-28-23)35-22-8-10-29-25(13-22)32-21-12-19(14-27-15-21)6-7-20-16-30-34-33-20/h3-5,8-15H,6-7,16H2,1-2H3,(H,29,32). The van der Waals surface area contributed by atoms with Crippen LogP contribution in [-0.2, 0) is 6.42 Å². The van der Waals surface area contributed by atoms with Gasteiger partial charge in [-0.25, -0.2) is 9.97 Å². The monoisotopic (exact) mass is 464 g/mol. The molecule has 4 aromatic heterocycles. The molecule has 174 valence electrons. The van der Waals surface area contributed by atoms with Crippen LogP contribution >= 0.6 is 0 Å². The topological polar surface area (TPSA) is 110 Å². The highest BCUT2D eigenvalue weighted by atomic mass is 16.5. The van der Waals surface area contributed by atoms with Gasteiger partial charge in [-0.05, 0) is 73.4 Å². The van der Waals surface area contributed by atoms with E-state index in [0.29, 0.717) is 29.6 Å². The lowest BCUT2D eigenvalue weighted by Crippen LogP contribution is -2.02. The van der Waals surface area contributed by atoms with Crippen LogP contribution in [0.25, 0.3) is 11.4 Å². The van der Waals surface area contributed by atoms with Gasteiger partial charge in [0.15, 0.2) is 5.75 Å². The summed E-state index contributed by atoms with van der Waals surface area (Å²) in [6, 6.07) is 13.4. The van der Waals surface area contributed by atoms with Crippen molar-refractivity contribution in [3.8, 4) is 22.9 Å². The van der Waals surface area contributed by atoms with Crippen LogP contribution in [0.4, 0.5) is 11.5 Å². The maximum atomic E-state index is 6.27. The molecule has 0 saturated heterocycles. The number of anilines is 2. The highest BCUT2D eigenvalue weighted by Gasteiger charge is 2.14. The van der Waals surface area contributed by atoms with Crippen LogP contribution in [0.1, 0.15) is 23.2 Å². The molecule has 0 saturated carbocycles. The summed E-state index contributed by atoms with van der Waals surface area (Å²) in [5.41, 5.74) is 6.36. The van der Waals surface area contributed by atoms with Crippen molar-refractivity contribution in [1.82, 2.24) is 19.9 Å². The van der Waals surface area contributed by atoms with E-state index in [1.54, 1.807) is 18.6 Å². The van der Waals surface area contributed by atoms with Crippen LogP contribution in [0.15, 0.2) is 82.7 Å². The van der Waals surface area contributed by atoms with E-state index in [1.165, 1.54) is 0 Å². The van der Waals surface area contributed by atoms with Crippen LogP contribution in [-0.4, -0.2) is 32.2 Å². The molecule has 1 aliphatic rings. The van der Waals surface area contributed by atoms with E-state index >= 15 is 0 Å². The predicted octanol–water partition coefficient (Wildman–Crippen LogP) is 5.84. The van der Waals surface area contributed by atoms with E-state index in [1.807, 2.05) is 56.4 Å². The summed E-state index contributed by atoms with van der Waals surface area (Å²) in [5, 5.41) is 14.9. The number of hydrogen-bond donors (Lipinski definition) is 1. The third-order valence-electron chi connectivity index (χ3n) is 5.57. The Morgan fingerprint density at radius 3 is 2.74 bits per heavy atom. The summed E-state index contributed by atoms with van der Waals surface area (Å²) >= 11 is 0. The fourth-order valence-electron chi connectivity index (χ4n) is 3.61. The number of rotatable bonds is 8. The normalized spacial score (nSPS) is 12.5. The Morgan fingerprint density at radius 1 is 0.971 bits per heavy atom. The second-order valence-electron chi connectivity index (χ2n) is 8.19. The van der Waals surface area contributed by atoms with Crippen LogP contribution in [0, 0.1) is 13.8 Å². The van der Waals surface area contributed by atoms with E-state index in [4.69, 9.17) is 9.72 Å². The second-order valence-corrected chi connectivity index (χ2v) is 8.19. The second kappa shape index (κ2) is 10.2. The van der Waals surface area contributed by atoms with Crippen molar-refractivity contribution in [1.29, 1.82) is 0 Å². The number of aromatic nitrogens is 4. The smallest absolute Gasteiger partial charge is 0.155 e. The average Bonchev–Trinajstić information content (AvgIpc) is 3.40. The molecule has 0 radical (unpaired) electrons. The Morgan fingerprint density at radius 2 is 1.91 bits per heavy atom. The minimum atomic E-state index is 0.583. The molecule has 1 N–H and O–H groups in total. The molecule has 0 bridgehead atoms. The molecule has 1 aliphatic heterocycles. The van der Waals surface area contributed by atoms with Crippen LogP contribution < -0.4 is 10.1 Å². The molecular weight excluding hydrogens is 440 g/mol. The van der Waals surface area contributed by atoms with Crippen molar-refractivity contribution in [2.45, 2.75) is 26.7 Å². The highest BCUT2D eigenvalue weighted by Crippen LogP contribution is 2.33. The Hall–Kier alpha value is -4.53. The first kappa shape index (κ1) is 22.3. The molecule has 0 unspecified atom stereocenters. The first-order valence-corrected chi connectivity index (χ1v) is 11.3. The summed E-state index contributed by atoms with van der Waals surface area (Å²) in [6.07, 6.45) is 8.70. The molecule has 0 aliphatic carbocycles. The van der Waals surface area contributed by atoms with Crippen molar-refractivity contribution in [2.75, 3.05) is 11.9 Å². The largest absolute Gasteiger partial charge is 0.455 e. The molecule has 5 rings (SSSR count). The van der Waals surface area contributed by atoms with Gasteiger partial charge < -0.3 is 10.1 Å². The first-order chi connectivity index (χ1) is 17.1. The fraction of sp³-hybridized carbons (Fsp3) is 0.192. The number of pyridine rings is 4. The number of ether oxygens (including phenoxy) is 1. The van der Waals surface area contributed by atoms with Gasteiger partial charge in [0.05, 0.1) is 23.3 Å². The maximum Gasteiger partial charge on any atom is 0.155 e. The Kier molecular flexibility index (Phi) is 6.47.